The van der Waals surface area contributed by atoms with Crippen LogP contribution in [0.2, 0.25) is 0 Å². The Balaban J connectivity index is 1.86. The molecule has 0 saturated carbocycles. The van der Waals surface area contributed by atoms with Crippen LogP contribution in [0.5, 0.6) is 5.75 Å². The molecule has 0 saturated heterocycles. The van der Waals surface area contributed by atoms with Gasteiger partial charge >= 0.3 is 0 Å². The van der Waals surface area contributed by atoms with E-state index in [1.807, 2.05) is 33.0 Å². The number of benzene rings is 1. The molecule has 1 amide bonds. The molecule has 2 heterocycles. The third kappa shape index (κ3) is 5.31. The molecule has 0 fully saturated rings. The van der Waals surface area contributed by atoms with Crippen molar-refractivity contribution < 1.29 is 17.9 Å². The minimum Gasteiger partial charge on any atom is -0.494 e. The highest BCUT2D eigenvalue weighted by molar-refractivity contribution is 9.10. The maximum absolute atomic E-state index is 12.9. The molecule has 1 N–H and O–H groups in total. The van der Waals surface area contributed by atoms with Crippen molar-refractivity contribution in [2.75, 3.05) is 7.11 Å². The van der Waals surface area contributed by atoms with Gasteiger partial charge in [-0.2, -0.15) is 13.5 Å². The zero-order chi connectivity index (χ0) is 22.8. The van der Waals surface area contributed by atoms with E-state index in [2.05, 4.69) is 30.7 Å². The van der Waals surface area contributed by atoms with Gasteiger partial charge < -0.3 is 4.74 Å². The van der Waals surface area contributed by atoms with Crippen LogP contribution in [0.25, 0.3) is 0 Å². The Labute approximate surface area is 189 Å². The normalized spacial score (nSPS) is 11.9. The van der Waals surface area contributed by atoms with Crippen LogP contribution in [0.3, 0.4) is 0 Å². The third-order valence-electron chi connectivity index (χ3n) is 4.50. The molecule has 0 radical (unpaired) electrons. The number of hydrogen-bond acceptors (Lipinski definition) is 6. The topological polar surface area (TPSA) is 103 Å². The summed E-state index contributed by atoms with van der Waals surface area (Å²) in [4.78, 5) is 17.0. The van der Waals surface area contributed by atoms with E-state index in [-0.39, 0.29) is 21.8 Å². The Hall–Kier alpha value is -2.72. The summed E-state index contributed by atoms with van der Waals surface area (Å²) in [6.45, 7) is 6.26. The number of nitrogens with zero attached hydrogens (tertiary/aromatic N) is 3. The number of halogens is 1. The second-order valence-electron chi connectivity index (χ2n) is 7.90. The summed E-state index contributed by atoms with van der Waals surface area (Å²) in [6, 6.07) is 9.93. The molecular weight excluding hydrogens is 484 g/mol. The van der Waals surface area contributed by atoms with Gasteiger partial charge in [0.25, 0.3) is 15.9 Å². The number of nitrogens with one attached hydrogen (secondary N) is 1. The van der Waals surface area contributed by atoms with E-state index >= 15 is 0 Å². The maximum Gasteiger partial charge on any atom is 0.285 e. The predicted octanol–water partition coefficient (Wildman–Crippen LogP) is 3.51. The smallest absolute Gasteiger partial charge is 0.285 e. The van der Waals surface area contributed by atoms with E-state index in [1.54, 1.807) is 35.1 Å². The van der Waals surface area contributed by atoms with Gasteiger partial charge in [-0.05, 0) is 35.9 Å². The van der Waals surface area contributed by atoms with Crippen molar-refractivity contribution in [3.8, 4) is 5.75 Å². The van der Waals surface area contributed by atoms with Gasteiger partial charge in [0.2, 0.25) is 5.03 Å². The molecule has 0 aliphatic rings. The van der Waals surface area contributed by atoms with Gasteiger partial charge in [-0.25, -0.2) is 9.71 Å². The van der Waals surface area contributed by atoms with Crippen molar-refractivity contribution in [3.05, 3.63) is 70.1 Å². The first kappa shape index (κ1) is 23.0. The van der Waals surface area contributed by atoms with Gasteiger partial charge in [0, 0.05) is 33.5 Å². The number of sulfonamides is 1. The molecule has 164 valence electrons. The van der Waals surface area contributed by atoms with Crippen LogP contribution in [-0.2, 0) is 22.0 Å². The molecule has 31 heavy (non-hydrogen) atoms. The number of ether oxygens (including phenoxy) is 1. The lowest BCUT2D eigenvalue weighted by atomic mass is 9.92. The van der Waals surface area contributed by atoms with Gasteiger partial charge in [-0.3, -0.25) is 9.48 Å². The van der Waals surface area contributed by atoms with Gasteiger partial charge in [-0.1, -0.05) is 42.8 Å². The van der Waals surface area contributed by atoms with E-state index in [9.17, 15) is 13.2 Å². The van der Waals surface area contributed by atoms with E-state index in [1.165, 1.54) is 13.2 Å². The van der Waals surface area contributed by atoms with Gasteiger partial charge in [-0.15, -0.1) is 0 Å². The molecule has 0 aliphatic heterocycles. The standard InChI is InChI=1S/C21H23BrN4O4S/c1-21(2,3)18-9-8-17(30-4)20(24-18)31(28,29)25-19(27)14-6-7-15(16(22)12-14)13-26-11-5-10-23-26/h5-12H,13H2,1-4H3,(H,25,27). The zero-order valence-corrected chi connectivity index (χ0v) is 20.0. The molecule has 3 aromatic rings. The number of carbonyl (C=O) groups is 1. The highest BCUT2D eigenvalue weighted by Gasteiger charge is 2.27. The summed E-state index contributed by atoms with van der Waals surface area (Å²) in [7, 11) is -2.91. The predicted molar refractivity (Wildman–Crippen MR) is 120 cm³/mol. The Kier molecular flexibility index (Phi) is 6.51. The van der Waals surface area contributed by atoms with Crippen molar-refractivity contribution >= 4 is 31.9 Å². The lowest BCUT2D eigenvalue weighted by molar-refractivity contribution is 0.0981. The average Bonchev–Trinajstić information content (AvgIpc) is 3.21. The number of aromatic nitrogens is 3. The molecular formula is C21H23BrN4O4S. The molecule has 0 spiro atoms. The van der Waals surface area contributed by atoms with Crippen LogP contribution in [0.1, 0.15) is 42.4 Å². The second kappa shape index (κ2) is 8.80. The van der Waals surface area contributed by atoms with Crippen molar-refractivity contribution in [1.29, 1.82) is 0 Å². The summed E-state index contributed by atoms with van der Waals surface area (Å²) in [5, 5.41) is 3.82. The Morgan fingerprint density at radius 1 is 1.23 bits per heavy atom. The van der Waals surface area contributed by atoms with Crippen LogP contribution in [0, 0.1) is 0 Å². The van der Waals surface area contributed by atoms with Crippen molar-refractivity contribution in [2.24, 2.45) is 0 Å². The molecule has 10 heteroatoms. The summed E-state index contributed by atoms with van der Waals surface area (Å²) in [6.07, 6.45) is 3.50. The minimum atomic E-state index is -4.26. The van der Waals surface area contributed by atoms with Gasteiger partial charge in [0.15, 0.2) is 5.75 Å². The maximum atomic E-state index is 12.9. The molecule has 0 aliphatic carbocycles. The summed E-state index contributed by atoms with van der Waals surface area (Å²) in [5.74, 6) is -0.708. The molecule has 0 unspecified atom stereocenters. The second-order valence-corrected chi connectivity index (χ2v) is 10.4. The van der Waals surface area contributed by atoms with Gasteiger partial charge in [0.1, 0.15) is 0 Å². The first-order valence-corrected chi connectivity index (χ1v) is 11.7. The van der Waals surface area contributed by atoms with E-state index in [4.69, 9.17) is 4.74 Å². The Morgan fingerprint density at radius 3 is 2.55 bits per heavy atom. The minimum absolute atomic E-state index is 0.0593. The summed E-state index contributed by atoms with van der Waals surface area (Å²) < 4.78 is 35.5. The molecule has 8 nitrogen and oxygen atoms in total. The highest BCUT2D eigenvalue weighted by Crippen LogP contribution is 2.28. The number of hydrogen-bond donors (Lipinski definition) is 1. The Morgan fingerprint density at radius 2 is 1.97 bits per heavy atom. The third-order valence-corrected chi connectivity index (χ3v) is 6.50. The molecule has 1 aromatic carbocycles. The van der Waals surface area contributed by atoms with Crippen LogP contribution in [0.15, 0.2) is 58.3 Å². The lowest BCUT2D eigenvalue weighted by Gasteiger charge is -2.19. The van der Waals surface area contributed by atoms with Crippen molar-refractivity contribution in [1.82, 2.24) is 19.5 Å². The molecule has 3 rings (SSSR count). The summed E-state index contributed by atoms with van der Waals surface area (Å²) >= 11 is 3.44. The fourth-order valence-electron chi connectivity index (χ4n) is 2.81. The van der Waals surface area contributed by atoms with E-state index in [0.717, 1.165) is 5.56 Å². The number of rotatable bonds is 6. The van der Waals surface area contributed by atoms with E-state index in [0.29, 0.717) is 16.7 Å². The first-order valence-electron chi connectivity index (χ1n) is 9.40. The average molecular weight is 507 g/mol. The fraction of sp³-hybridized carbons (Fsp3) is 0.286. The SMILES string of the molecule is COc1ccc(C(C)(C)C)nc1S(=O)(=O)NC(=O)c1ccc(Cn2cccn2)c(Br)c1. The quantitative estimate of drug-likeness (QED) is 0.548. The van der Waals surface area contributed by atoms with Crippen LogP contribution in [0.4, 0.5) is 0 Å². The Bertz CT molecular complexity index is 1200. The summed E-state index contributed by atoms with van der Waals surface area (Å²) in [5.41, 5.74) is 1.26. The molecule has 0 bridgehead atoms. The van der Waals surface area contributed by atoms with Crippen molar-refractivity contribution in [3.63, 3.8) is 0 Å². The number of amides is 1. The van der Waals surface area contributed by atoms with E-state index < -0.39 is 15.9 Å². The van der Waals surface area contributed by atoms with Crippen LogP contribution >= 0.6 is 15.9 Å². The van der Waals surface area contributed by atoms with Crippen LogP contribution < -0.4 is 9.46 Å². The van der Waals surface area contributed by atoms with Crippen molar-refractivity contribution in [2.45, 2.75) is 37.8 Å². The zero-order valence-electron chi connectivity index (χ0n) is 17.6. The molecule has 2 aromatic heterocycles. The first-order chi connectivity index (χ1) is 14.5. The fourth-order valence-corrected chi connectivity index (χ4v) is 4.41. The van der Waals surface area contributed by atoms with Gasteiger partial charge in [0.05, 0.1) is 13.7 Å². The number of pyridine rings is 1. The van der Waals surface area contributed by atoms with Crippen LogP contribution in [-0.4, -0.2) is 36.2 Å². The number of carbonyl (C=O) groups excluding carboxylic acids is 1. The number of methoxy groups -OCH3 is 1. The largest absolute Gasteiger partial charge is 0.494 e. The highest BCUT2D eigenvalue weighted by atomic mass is 79.9. The molecule has 0 atom stereocenters. The lowest BCUT2D eigenvalue weighted by Crippen LogP contribution is -2.32. The monoisotopic (exact) mass is 506 g/mol.